The van der Waals surface area contributed by atoms with Crippen LogP contribution in [0.5, 0.6) is 0 Å². The molecule has 1 aliphatic rings. The maximum absolute atomic E-state index is 12.9. The fourth-order valence-electron chi connectivity index (χ4n) is 3.67. The van der Waals surface area contributed by atoms with Crippen molar-refractivity contribution in [3.8, 4) is 18.2 Å². The summed E-state index contributed by atoms with van der Waals surface area (Å²) >= 11 is 0. The molecule has 1 fully saturated rings. The number of urea groups is 1. The molecule has 0 saturated carbocycles. The first-order valence-corrected chi connectivity index (χ1v) is 11.6. The normalized spacial score (nSPS) is 12.9. The second-order valence-electron chi connectivity index (χ2n) is 8.13. The maximum atomic E-state index is 12.9. The Labute approximate surface area is 213 Å². The predicted molar refractivity (Wildman–Crippen MR) is 131 cm³/mol. The Hall–Kier alpha value is -3.95. The molecule has 0 radical (unpaired) electrons. The smallest absolute Gasteiger partial charge is 0.320 e. The SMILES string of the molecule is [C-]#[N+]CN(CC#N)CCN(CCN(CC#N)CC#N)CCN1CCN(CCN(C[N+]#[C-])C[N+]#[C-])C1=O. The molecule has 0 atom stereocenters. The maximum Gasteiger partial charge on any atom is 0.320 e. The summed E-state index contributed by atoms with van der Waals surface area (Å²) in [4.78, 5) is 33.7. The third kappa shape index (κ3) is 11.5. The van der Waals surface area contributed by atoms with Crippen LogP contribution in [-0.2, 0) is 0 Å². The molecule has 0 unspecified atom stereocenters. The van der Waals surface area contributed by atoms with Crippen molar-refractivity contribution in [3.63, 3.8) is 0 Å². The van der Waals surface area contributed by atoms with E-state index in [9.17, 15) is 4.79 Å². The van der Waals surface area contributed by atoms with Crippen LogP contribution in [0.15, 0.2) is 0 Å². The van der Waals surface area contributed by atoms with Crippen molar-refractivity contribution in [2.75, 3.05) is 105 Å². The summed E-state index contributed by atoms with van der Waals surface area (Å²) in [5.74, 6) is 0. The van der Waals surface area contributed by atoms with Crippen LogP contribution in [0.3, 0.4) is 0 Å². The molecule has 2 amide bonds. The summed E-state index contributed by atoms with van der Waals surface area (Å²) in [7, 11) is 0. The molecular formula is C23H32N12O. The highest BCUT2D eigenvalue weighted by molar-refractivity contribution is 5.76. The average Bonchev–Trinajstić information content (AvgIpc) is 3.21. The van der Waals surface area contributed by atoms with Gasteiger partial charge in [0.15, 0.2) is 0 Å². The van der Waals surface area contributed by atoms with Gasteiger partial charge in [0.25, 0.3) is 20.0 Å². The van der Waals surface area contributed by atoms with E-state index in [1.54, 1.807) is 24.5 Å². The van der Waals surface area contributed by atoms with Crippen molar-refractivity contribution in [2.45, 2.75) is 0 Å². The molecule has 0 aromatic carbocycles. The molecular weight excluding hydrogens is 460 g/mol. The van der Waals surface area contributed by atoms with Crippen LogP contribution >= 0.6 is 0 Å². The molecule has 0 aromatic heterocycles. The molecule has 0 aromatic rings. The van der Waals surface area contributed by atoms with Crippen LogP contribution in [0.1, 0.15) is 0 Å². The molecule has 0 bridgehead atoms. The van der Waals surface area contributed by atoms with Gasteiger partial charge in [0, 0.05) is 65.4 Å². The number of nitrogens with zero attached hydrogens (tertiary/aromatic N) is 12. The number of carbonyl (C=O) groups excluding carboxylic acids is 1. The Morgan fingerprint density at radius 2 is 1.03 bits per heavy atom. The lowest BCUT2D eigenvalue weighted by Crippen LogP contribution is -2.44. The topological polar surface area (TPSA) is 121 Å². The second-order valence-corrected chi connectivity index (χ2v) is 8.13. The molecule has 190 valence electrons. The molecule has 1 rings (SSSR count). The van der Waals surface area contributed by atoms with E-state index in [0.29, 0.717) is 65.4 Å². The minimum atomic E-state index is -0.0739. The second kappa shape index (κ2) is 18.4. The number of hydrogen-bond acceptors (Lipinski definition) is 8. The number of carbonyl (C=O) groups is 1. The number of amides is 2. The van der Waals surface area contributed by atoms with Gasteiger partial charge in [-0.1, -0.05) is 0 Å². The van der Waals surface area contributed by atoms with Crippen LogP contribution in [0, 0.1) is 53.7 Å². The van der Waals surface area contributed by atoms with Crippen molar-refractivity contribution in [1.29, 1.82) is 15.8 Å². The Bertz CT molecular complexity index is 840. The minimum absolute atomic E-state index is 0.0739. The van der Waals surface area contributed by atoms with E-state index in [1.165, 1.54) is 0 Å². The summed E-state index contributed by atoms with van der Waals surface area (Å²) in [6.45, 7) is 27.3. The largest absolute Gasteiger partial charge is 0.322 e. The number of rotatable bonds is 18. The Kier molecular flexibility index (Phi) is 15.4. The zero-order valence-corrected chi connectivity index (χ0v) is 20.6. The molecule has 13 nitrogen and oxygen atoms in total. The molecule has 13 heteroatoms. The summed E-state index contributed by atoms with van der Waals surface area (Å²) < 4.78 is 0. The quantitative estimate of drug-likeness (QED) is 0.196. The van der Waals surface area contributed by atoms with Crippen LogP contribution in [0.2, 0.25) is 0 Å². The predicted octanol–water partition coefficient (Wildman–Crippen LogP) is 0.133. The third-order valence-corrected chi connectivity index (χ3v) is 5.71. The monoisotopic (exact) mass is 492 g/mol. The van der Waals surface area contributed by atoms with Crippen molar-refractivity contribution >= 4 is 6.03 Å². The first-order chi connectivity index (χ1) is 17.5. The third-order valence-electron chi connectivity index (χ3n) is 5.71. The van der Waals surface area contributed by atoms with Gasteiger partial charge in [0.1, 0.15) is 0 Å². The van der Waals surface area contributed by atoms with E-state index < -0.39 is 0 Å². The van der Waals surface area contributed by atoms with Gasteiger partial charge in [-0.25, -0.2) is 29.4 Å². The van der Waals surface area contributed by atoms with Crippen LogP contribution in [0.25, 0.3) is 14.5 Å². The lowest BCUT2D eigenvalue weighted by atomic mass is 10.3. The highest BCUT2D eigenvalue weighted by Gasteiger charge is 2.29. The van der Waals surface area contributed by atoms with Crippen molar-refractivity contribution < 1.29 is 4.79 Å². The first kappa shape index (κ1) is 30.1. The van der Waals surface area contributed by atoms with Gasteiger partial charge in [-0.2, -0.15) is 20.7 Å². The standard InChI is InChI=1S/C23H32N12O/c1-27-20-32(9-6-26)13-12-31(11-10-30(7-4-24)8-5-25)14-16-34-18-19-35(23(34)36)17-15-33(21-28-2)22-29-3/h7-22H2. The van der Waals surface area contributed by atoms with Gasteiger partial charge >= 0.3 is 6.03 Å². The summed E-state index contributed by atoms with van der Waals surface area (Å²) in [5, 5.41) is 27.0. The molecule has 1 saturated heterocycles. The fourth-order valence-corrected chi connectivity index (χ4v) is 3.67. The van der Waals surface area contributed by atoms with Gasteiger partial charge in [-0.3, -0.25) is 24.3 Å². The average molecular weight is 493 g/mol. The number of hydrogen-bond donors (Lipinski definition) is 0. The molecule has 0 spiro atoms. The van der Waals surface area contributed by atoms with E-state index in [1.807, 2.05) is 0 Å². The highest BCUT2D eigenvalue weighted by Crippen LogP contribution is 2.09. The van der Waals surface area contributed by atoms with E-state index in [4.69, 9.17) is 35.5 Å². The molecule has 0 N–H and O–H groups in total. The zero-order chi connectivity index (χ0) is 26.6. The molecule has 0 aliphatic carbocycles. The van der Waals surface area contributed by atoms with Crippen molar-refractivity contribution in [3.05, 3.63) is 34.3 Å². The van der Waals surface area contributed by atoms with Gasteiger partial charge in [-0.05, 0) is 0 Å². The molecule has 1 heterocycles. The Balaban J connectivity index is 2.69. The van der Waals surface area contributed by atoms with Gasteiger partial charge in [0.05, 0.1) is 37.8 Å². The first-order valence-electron chi connectivity index (χ1n) is 11.6. The zero-order valence-electron chi connectivity index (χ0n) is 20.6. The van der Waals surface area contributed by atoms with Gasteiger partial charge in [0.2, 0.25) is 0 Å². The van der Waals surface area contributed by atoms with Crippen LogP contribution in [0.4, 0.5) is 4.79 Å². The van der Waals surface area contributed by atoms with Gasteiger partial charge in [-0.15, -0.1) is 0 Å². The highest BCUT2D eigenvalue weighted by atomic mass is 16.2. The van der Waals surface area contributed by atoms with E-state index in [2.05, 4.69) is 37.6 Å². The van der Waals surface area contributed by atoms with Crippen LogP contribution < -0.4 is 0 Å². The van der Waals surface area contributed by atoms with Crippen molar-refractivity contribution in [1.82, 2.24) is 29.4 Å². The van der Waals surface area contributed by atoms with E-state index in [-0.39, 0.29) is 45.7 Å². The Morgan fingerprint density at radius 3 is 1.50 bits per heavy atom. The van der Waals surface area contributed by atoms with E-state index in [0.717, 1.165) is 0 Å². The Morgan fingerprint density at radius 1 is 0.639 bits per heavy atom. The summed E-state index contributed by atoms with van der Waals surface area (Å²) in [6, 6.07) is 6.13. The molecule has 1 aliphatic heterocycles. The summed E-state index contributed by atoms with van der Waals surface area (Å²) in [5.41, 5.74) is 0. The fraction of sp³-hybridized carbons (Fsp3) is 0.696. The summed E-state index contributed by atoms with van der Waals surface area (Å²) in [6.07, 6.45) is 0. The van der Waals surface area contributed by atoms with Crippen LogP contribution in [-0.4, -0.2) is 141 Å². The minimum Gasteiger partial charge on any atom is -0.322 e. The lowest BCUT2D eigenvalue weighted by molar-refractivity contribution is 0.166. The lowest BCUT2D eigenvalue weighted by Gasteiger charge is -2.28. The molecule has 36 heavy (non-hydrogen) atoms. The van der Waals surface area contributed by atoms with Crippen molar-refractivity contribution in [2.24, 2.45) is 0 Å². The number of nitriles is 3. The van der Waals surface area contributed by atoms with Gasteiger partial charge < -0.3 is 9.80 Å². The van der Waals surface area contributed by atoms with E-state index >= 15 is 0 Å².